The number of rotatable bonds is 1. The smallest absolute Gasteiger partial charge is 0.323 e. The van der Waals surface area contributed by atoms with Crippen LogP contribution in [0.15, 0.2) is 24.3 Å². The quantitative estimate of drug-likeness (QED) is 0.672. The normalized spacial score (nSPS) is 30.3. The molecule has 15 heavy (non-hydrogen) atoms. The van der Waals surface area contributed by atoms with Gasteiger partial charge in [-0.3, -0.25) is 4.79 Å². The lowest BCUT2D eigenvalue weighted by Crippen LogP contribution is -2.30. The van der Waals surface area contributed by atoms with Crippen molar-refractivity contribution in [1.82, 2.24) is 0 Å². The van der Waals surface area contributed by atoms with E-state index in [9.17, 15) is 4.79 Å². The van der Waals surface area contributed by atoms with Crippen LogP contribution in [0.4, 0.5) is 0 Å². The average molecular weight is 207 g/mol. The number of hydrogen-bond acceptors (Lipinski definition) is 4. The van der Waals surface area contributed by atoms with Crippen molar-refractivity contribution < 1.29 is 14.6 Å². The molecule has 1 aliphatic heterocycles. The first-order valence-corrected chi connectivity index (χ1v) is 4.84. The van der Waals surface area contributed by atoms with Crippen molar-refractivity contribution in [2.24, 2.45) is 11.7 Å². The first kappa shape index (κ1) is 9.98. The molecule has 0 aliphatic carbocycles. The van der Waals surface area contributed by atoms with Crippen LogP contribution in [-0.4, -0.2) is 17.1 Å². The van der Waals surface area contributed by atoms with E-state index in [0.29, 0.717) is 0 Å². The summed E-state index contributed by atoms with van der Waals surface area (Å²) in [5.41, 5.74) is 6.52. The van der Waals surface area contributed by atoms with E-state index in [1.807, 2.05) is 6.92 Å². The van der Waals surface area contributed by atoms with E-state index in [-0.39, 0.29) is 23.7 Å². The zero-order valence-corrected chi connectivity index (χ0v) is 8.38. The minimum absolute atomic E-state index is 0.0398. The van der Waals surface area contributed by atoms with Crippen molar-refractivity contribution >= 4 is 5.97 Å². The molecule has 0 saturated carbocycles. The molecule has 4 nitrogen and oxygen atoms in total. The molecule has 4 heteroatoms. The van der Waals surface area contributed by atoms with Gasteiger partial charge in [0.2, 0.25) is 0 Å². The maximum absolute atomic E-state index is 11.2. The molecule has 0 spiro atoms. The molecule has 0 bridgehead atoms. The fraction of sp³-hybridized carbons (Fsp3) is 0.364. The molecular formula is C11H13NO3. The van der Waals surface area contributed by atoms with Crippen LogP contribution in [0.1, 0.15) is 18.6 Å². The predicted octanol–water partition coefficient (Wildman–Crippen LogP) is 0.954. The lowest BCUT2D eigenvalue weighted by atomic mass is 9.94. The SMILES string of the molecule is C[C@@H]1[C@H](N)C(=O)O[C@@H]1c1ccc(O)cc1. The van der Waals surface area contributed by atoms with Crippen LogP contribution in [-0.2, 0) is 9.53 Å². The van der Waals surface area contributed by atoms with E-state index < -0.39 is 6.04 Å². The largest absolute Gasteiger partial charge is 0.508 e. The highest BCUT2D eigenvalue weighted by atomic mass is 16.6. The molecular weight excluding hydrogens is 194 g/mol. The van der Waals surface area contributed by atoms with Crippen LogP contribution >= 0.6 is 0 Å². The zero-order valence-electron chi connectivity index (χ0n) is 8.38. The molecule has 1 aromatic carbocycles. The van der Waals surface area contributed by atoms with Gasteiger partial charge in [0.15, 0.2) is 0 Å². The molecule has 3 N–H and O–H groups in total. The third-order valence-electron chi connectivity index (χ3n) is 2.78. The Hall–Kier alpha value is -1.55. The van der Waals surface area contributed by atoms with Gasteiger partial charge in [-0.25, -0.2) is 0 Å². The van der Waals surface area contributed by atoms with Crippen LogP contribution in [0.5, 0.6) is 5.75 Å². The van der Waals surface area contributed by atoms with Crippen molar-refractivity contribution in [3.8, 4) is 5.75 Å². The summed E-state index contributed by atoms with van der Waals surface area (Å²) in [6.45, 7) is 1.88. The van der Waals surface area contributed by atoms with Gasteiger partial charge in [0.25, 0.3) is 0 Å². The molecule has 1 aromatic rings. The van der Waals surface area contributed by atoms with Gasteiger partial charge < -0.3 is 15.6 Å². The lowest BCUT2D eigenvalue weighted by molar-refractivity contribution is -0.142. The van der Waals surface area contributed by atoms with Gasteiger partial charge in [0.1, 0.15) is 17.9 Å². The van der Waals surface area contributed by atoms with Gasteiger partial charge in [-0.15, -0.1) is 0 Å². The van der Waals surface area contributed by atoms with Gasteiger partial charge in [-0.1, -0.05) is 19.1 Å². The summed E-state index contributed by atoms with van der Waals surface area (Å²) >= 11 is 0. The highest BCUT2D eigenvalue weighted by Crippen LogP contribution is 2.34. The molecule has 0 aromatic heterocycles. The summed E-state index contributed by atoms with van der Waals surface area (Å²) < 4.78 is 5.17. The molecule has 1 aliphatic rings. The number of carbonyl (C=O) groups is 1. The number of cyclic esters (lactones) is 1. The number of ether oxygens (including phenoxy) is 1. The Bertz CT molecular complexity index is 374. The number of benzene rings is 1. The fourth-order valence-electron chi connectivity index (χ4n) is 1.75. The molecule has 1 heterocycles. The van der Waals surface area contributed by atoms with E-state index >= 15 is 0 Å². The number of carbonyl (C=O) groups excluding carboxylic acids is 1. The van der Waals surface area contributed by atoms with Crippen molar-refractivity contribution in [3.05, 3.63) is 29.8 Å². The Kier molecular flexibility index (Phi) is 2.36. The summed E-state index contributed by atoms with van der Waals surface area (Å²) in [6.07, 6.45) is -0.298. The molecule has 1 saturated heterocycles. The third kappa shape index (κ3) is 1.68. The maximum Gasteiger partial charge on any atom is 0.323 e. The van der Waals surface area contributed by atoms with Crippen molar-refractivity contribution in [2.45, 2.75) is 19.1 Å². The van der Waals surface area contributed by atoms with Crippen molar-refractivity contribution in [1.29, 1.82) is 0 Å². The molecule has 80 valence electrons. The lowest BCUT2D eigenvalue weighted by Gasteiger charge is -2.14. The summed E-state index contributed by atoms with van der Waals surface area (Å²) in [5.74, 6) is -0.206. The Morgan fingerprint density at radius 3 is 2.40 bits per heavy atom. The monoisotopic (exact) mass is 207 g/mol. The highest BCUT2D eigenvalue weighted by molar-refractivity contribution is 5.78. The standard InChI is InChI=1S/C11H13NO3/c1-6-9(12)11(14)15-10(6)7-2-4-8(13)5-3-7/h2-6,9-10,13H,12H2,1H3/t6-,9+,10+/m1/s1. The van der Waals surface area contributed by atoms with Crippen molar-refractivity contribution in [2.75, 3.05) is 0 Å². The minimum atomic E-state index is -0.552. The van der Waals surface area contributed by atoms with Crippen LogP contribution in [0, 0.1) is 5.92 Å². The van der Waals surface area contributed by atoms with E-state index in [0.717, 1.165) is 5.56 Å². The second-order valence-electron chi connectivity index (χ2n) is 3.83. The Labute approximate surface area is 87.7 Å². The minimum Gasteiger partial charge on any atom is -0.508 e. The second-order valence-corrected chi connectivity index (χ2v) is 3.83. The number of nitrogens with two attached hydrogens (primary N) is 1. The van der Waals surface area contributed by atoms with Gasteiger partial charge in [0, 0.05) is 5.92 Å². The number of esters is 1. The number of phenols is 1. The molecule has 0 radical (unpaired) electrons. The van der Waals surface area contributed by atoms with Gasteiger partial charge in [0.05, 0.1) is 0 Å². The molecule has 3 atom stereocenters. The first-order chi connectivity index (χ1) is 7.09. The predicted molar refractivity (Wildman–Crippen MR) is 54.1 cm³/mol. The zero-order chi connectivity index (χ0) is 11.0. The highest BCUT2D eigenvalue weighted by Gasteiger charge is 2.40. The molecule has 1 fully saturated rings. The molecule has 0 amide bonds. The van der Waals surface area contributed by atoms with E-state index in [2.05, 4.69) is 0 Å². The third-order valence-corrected chi connectivity index (χ3v) is 2.78. The summed E-state index contributed by atoms with van der Waals surface area (Å²) in [4.78, 5) is 11.2. The molecule has 0 unspecified atom stereocenters. The first-order valence-electron chi connectivity index (χ1n) is 4.84. The van der Waals surface area contributed by atoms with E-state index in [1.54, 1.807) is 24.3 Å². The number of aromatic hydroxyl groups is 1. The second kappa shape index (κ2) is 3.55. The average Bonchev–Trinajstić information content (AvgIpc) is 2.47. The van der Waals surface area contributed by atoms with Crippen LogP contribution in [0.3, 0.4) is 0 Å². The number of hydrogen-bond donors (Lipinski definition) is 2. The maximum atomic E-state index is 11.2. The summed E-state index contributed by atoms with van der Waals surface area (Å²) in [7, 11) is 0. The molecule has 2 rings (SSSR count). The van der Waals surface area contributed by atoms with Gasteiger partial charge in [-0.05, 0) is 17.7 Å². The van der Waals surface area contributed by atoms with E-state index in [1.165, 1.54) is 0 Å². The number of phenolic OH excluding ortho intramolecular Hbond substituents is 1. The summed E-state index contributed by atoms with van der Waals surface area (Å²) in [6, 6.07) is 6.06. The van der Waals surface area contributed by atoms with Crippen molar-refractivity contribution in [3.63, 3.8) is 0 Å². The Morgan fingerprint density at radius 1 is 1.33 bits per heavy atom. The van der Waals surface area contributed by atoms with Crippen LogP contribution < -0.4 is 5.73 Å². The summed E-state index contributed by atoms with van der Waals surface area (Å²) in [5, 5.41) is 9.14. The van der Waals surface area contributed by atoms with Gasteiger partial charge in [-0.2, -0.15) is 0 Å². The Morgan fingerprint density at radius 2 is 1.93 bits per heavy atom. The van der Waals surface area contributed by atoms with Crippen LogP contribution in [0.2, 0.25) is 0 Å². The van der Waals surface area contributed by atoms with Gasteiger partial charge >= 0.3 is 5.97 Å². The van der Waals surface area contributed by atoms with Crippen LogP contribution in [0.25, 0.3) is 0 Å². The Balaban J connectivity index is 2.25. The topological polar surface area (TPSA) is 72.6 Å². The fourth-order valence-corrected chi connectivity index (χ4v) is 1.75. The van der Waals surface area contributed by atoms with E-state index in [4.69, 9.17) is 15.6 Å².